The molecule has 1 saturated heterocycles. The maximum Gasteiger partial charge on any atom is 0.379 e. The lowest BCUT2D eigenvalue weighted by Gasteiger charge is -2.37. The molecule has 2 saturated carbocycles. The van der Waals surface area contributed by atoms with Crippen molar-refractivity contribution in [1.82, 2.24) is 10.0 Å². The second kappa shape index (κ2) is 9.86. The molecule has 2 aromatic carbocycles. The Morgan fingerprint density at radius 1 is 0.907 bits per heavy atom. The molecule has 0 radical (unpaired) electrons. The smallest absolute Gasteiger partial charge is 0.379 e. The Kier molecular flexibility index (Phi) is 6.08. The first-order valence-electron chi connectivity index (χ1n) is 13.7. The number of ketones is 1. The topological polar surface area (TPSA) is 157 Å². The summed E-state index contributed by atoms with van der Waals surface area (Å²) in [7, 11) is 0. The van der Waals surface area contributed by atoms with Gasteiger partial charge in [-0.2, -0.15) is 5.01 Å². The van der Waals surface area contributed by atoms with Crippen molar-refractivity contribution in [3.05, 3.63) is 106 Å². The molecule has 0 unspecified atom stereocenters. The van der Waals surface area contributed by atoms with Crippen LogP contribution in [0.2, 0.25) is 0 Å². The zero-order valence-electron chi connectivity index (χ0n) is 22.4. The molecule has 3 amide bonds. The summed E-state index contributed by atoms with van der Waals surface area (Å²) in [4.78, 5) is 77.6. The number of ether oxygens (including phenoxy) is 1. The Balaban J connectivity index is 1.16. The fraction of sp³-hybridized carbons (Fsp3) is 0.258. The van der Waals surface area contributed by atoms with Gasteiger partial charge in [0, 0.05) is 23.3 Å². The molecular weight excluding hydrogens is 558 g/mol. The largest absolute Gasteiger partial charge is 0.457 e. The van der Waals surface area contributed by atoms with E-state index in [1.807, 2.05) is 12.2 Å². The monoisotopic (exact) mass is 581 g/mol. The number of nitrogens with zero attached hydrogens (tertiary/aromatic N) is 3. The number of imide groups is 1. The number of rotatable bonds is 8. The van der Waals surface area contributed by atoms with Gasteiger partial charge >= 0.3 is 5.97 Å². The van der Waals surface area contributed by atoms with Gasteiger partial charge in [0.25, 0.3) is 23.4 Å². The molecule has 43 heavy (non-hydrogen) atoms. The second-order valence-electron chi connectivity index (χ2n) is 11.1. The lowest BCUT2D eigenvalue weighted by Crippen LogP contribution is -2.52. The molecule has 4 aliphatic carbocycles. The highest BCUT2D eigenvalue weighted by atomic mass is 16.6. The fourth-order valence-corrected chi connectivity index (χ4v) is 6.78. The first-order chi connectivity index (χ1) is 20.7. The van der Waals surface area contributed by atoms with E-state index in [1.54, 1.807) is 0 Å². The van der Waals surface area contributed by atoms with Gasteiger partial charge in [0.1, 0.15) is 12.3 Å². The fourth-order valence-electron chi connectivity index (χ4n) is 6.78. The Bertz CT molecular complexity index is 1680. The van der Waals surface area contributed by atoms with Crippen molar-refractivity contribution >= 4 is 35.2 Å². The molecule has 12 heteroatoms. The number of benzene rings is 2. The van der Waals surface area contributed by atoms with Crippen molar-refractivity contribution in [2.45, 2.75) is 6.42 Å². The number of nitro benzene ring substituents is 1. The minimum absolute atomic E-state index is 0.00186. The first kappa shape index (κ1) is 26.5. The van der Waals surface area contributed by atoms with Gasteiger partial charge in [0.05, 0.1) is 23.0 Å². The van der Waals surface area contributed by atoms with Crippen LogP contribution in [0.25, 0.3) is 0 Å². The third kappa shape index (κ3) is 4.33. The summed E-state index contributed by atoms with van der Waals surface area (Å²) < 4.78 is 10.3. The highest BCUT2D eigenvalue weighted by molar-refractivity contribution is 6.10. The number of carbonyl (C=O) groups is 5. The molecule has 216 valence electrons. The lowest BCUT2D eigenvalue weighted by molar-refractivity contribution is -0.384. The van der Waals surface area contributed by atoms with Crippen molar-refractivity contribution in [1.29, 1.82) is 0 Å². The van der Waals surface area contributed by atoms with Crippen LogP contribution in [0.1, 0.15) is 37.7 Å². The van der Waals surface area contributed by atoms with Crippen LogP contribution in [0.4, 0.5) is 5.69 Å². The Morgan fingerprint density at radius 2 is 1.51 bits per heavy atom. The number of esters is 1. The summed E-state index contributed by atoms with van der Waals surface area (Å²) >= 11 is 0. The number of furan rings is 1. The summed E-state index contributed by atoms with van der Waals surface area (Å²) in [5, 5.41) is 12.8. The molecule has 1 aliphatic heterocycles. The second-order valence-corrected chi connectivity index (χ2v) is 11.1. The maximum atomic E-state index is 13.8. The number of Topliss-reactive ketones (excluding diaryl/α,β-unsaturated/α-hetero) is 1. The summed E-state index contributed by atoms with van der Waals surface area (Å²) in [6.07, 6.45) is 6.30. The predicted octanol–water partition coefficient (Wildman–Crippen LogP) is 3.70. The summed E-state index contributed by atoms with van der Waals surface area (Å²) in [5.41, 5.74) is -0.134. The quantitative estimate of drug-likeness (QED) is 0.0736. The molecule has 1 aromatic heterocycles. The molecule has 5 aliphatic rings. The minimum atomic E-state index is -0.821. The molecular formula is C31H23N3O9. The molecule has 6 atom stereocenters. The Morgan fingerprint density at radius 3 is 2.07 bits per heavy atom. The van der Waals surface area contributed by atoms with Crippen molar-refractivity contribution in [3.8, 4) is 5.75 Å². The van der Waals surface area contributed by atoms with Gasteiger partial charge in [0.15, 0.2) is 5.78 Å². The highest BCUT2D eigenvalue weighted by Gasteiger charge is 2.68. The number of nitro groups is 1. The van der Waals surface area contributed by atoms with Crippen LogP contribution in [0.3, 0.4) is 0 Å². The molecule has 2 bridgehead atoms. The summed E-state index contributed by atoms with van der Waals surface area (Å²) in [6.45, 7) is -0.645. The molecule has 2 heterocycles. The van der Waals surface area contributed by atoms with Crippen LogP contribution in [0, 0.1) is 45.6 Å². The van der Waals surface area contributed by atoms with Gasteiger partial charge in [-0.1, -0.05) is 12.2 Å². The number of amides is 3. The van der Waals surface area contributed by atoms with Crippen LogP contribution < -0.4 is 4.74 Å². The molecule has 3 fully saturated rings. The standard InChI is InChI=1S/C31H23N3O9/c35-24(16-5-9-19(10-6-16)43-31(39)25-2-1-13-42-25)15-32(28(36)17-3-7-18(8-4-17)34(40)41)33-29(37)26-20-11-12-21(23-14-22(20)23)27(26)30(33)38/h1-13,20-23,26-27H,14-15H2/t20-,21-,22-,23-,26-,27+/m0/s1. The third-order valence-electron chi connectivity index (χ3n) is 8.84. The number of allylic oxidation sites excluding steroid dienone is 2. The van der Waals surface area contributed by atoms with Crippen LogP contribution >= 0.6 is 0 Å². The van der Waals surface area contributed by atoms with E-state index in [4.69, 9.17) is 9.15 Å². The molecule has 8 rings (SSSR count). The van der Waals surface area contributed by atoms with E-state index in [-0.39, 0.29) is 40.2 Å². The SMILES string of the molecule is O=C(CN(C(=O)c1ccc([N+](=O)[O-])cc1)N1C(=O)[C@@H]2[C@H]3C=C[C@@H]([C@@H]4C[C@@H]34)[C@@H]2C1=O)c1ccc(OC(=O)c2ccco2)cc1. The van der Waals surface area contributed by atoms with Gasteiger partial charge in [-0.25, -0.2) is 9.80 Å². The molecule has 0 spiro atoms. The van der Waals surface area contributed by atoms with E-state index in [1.165, 1.54) is 54.8 Å². The van der Waals surface area contributed by atoms with Gasteiger partial charge < -0.3 is 9.15 Å². The average molecular weight is 582 g/mol. The summed E-state index contributed by atoms with van der Waals surface area (Å²) in [6, 6.07) is 13.3. The van der Waals surface area contributed by atoms with Crippen LogP contribution in [-0.4, -0.2) is 51.0 Å². The average Bonchev–Trinajstić information content (AvgIpc) is 3.58. The number of hydrazine groups is 1. The van der Waals surface area contributed by atoms with Crippen LogP contribution in [0.5, 0.6) is 5.75 Å². The number of hydrogen-bond donors (Lipinski definition) is 0. The van der Waals surface area contributed by atoms with Crippen molar-refractivity contribution < 1.29 is 38.1 Å². The van der Waals surface area contributed by atoms with E-state index in [9.17, 15) is 34.1 Å². The number of carbonyl (C=O) groups excluding carboxylic acids is 5. The predicted molar refractivity (Wildman–Crippen MR) is 145 cm³/mol. The maximum absolute atomic E-state index is 13.8. The van der Waals surface area contributed by atoms with Gasteiger partial charge in [-0.3, -0.25) is 29.3 Å². The Labute approximate surface area is 243 Å². The zero-order valence-corrected chi connectivity index (χ0v) is 22.4. The normalized spacial score (nSPS) is 26.1. The van der Waals surface area contributed by atoms with Gasteiger partial charge in [-0.05, 0) is 78.6 Å². The molecule has 12 nitrogen and oxygen atoms in total. The van der Waals surface area contributed by atoms with Crippen LogP contribution in [0.15, 0.2) is 83.5 Å². The van der Waals surface area contributed by atoms with Gasteiger partial charge in [-0.15, -0.1) is 0 Å². The Hall–Kier alpha value is -5.39. The van der Waals surface area contributed by atoms with E-state index in [2.05, 4.69) is 0 Å². The lowest BCUT2D eigenvalue weighted by atomic mass is 9.63. The van der Waals surface area contributed by atoms with E-state index in [0.717, 1.165) is 28.6 Å². The first-order valence-corrected chi connectivity index (χ1v) is 13.7. The van der Waals surface area contributed by atoms with Crippen molar-refractivity contribution in [3.63, 3.8) is 0 Å². The highest BCUT2D eigenvalue weighted by Crippen LogP contribution is 2.65. The number of hydrogen-bond acceptors (Lipinski definition) is 9. The van der Waals surface area contributed by atoms with E-state index in [0.29, 0.717) is 11.8 Å². The van der Waals surface area contributed by atoms with Crippen molar-refractivity contribution in [2.75, 3.05) is 6.54 Å². The number of non-ortho nitro benzene ring substituents is 1. The van der Waals surface area contributed by atoms with E-state index < -0.39 is 52.8 Å². The van der Waals surface area contributed by atoms with E-state index >= 15 is 0 Å². The third-order valence-corrected chi connectivity index (χ3v) is 8.84. The van der Waals surface area contributed by atoms with Gasteiger partial charge in [0.2, 0.25) is 5.76 Å². The molecule has 0 N–H and O–H groups in total. The van der Waals surface area contributed by atoms with Crippen molar-refractivity contribution in [2.24, 2.45) is 35.5 Å². The molecule has 3 aromatic rings. The van der Waals surface area contributed by atoms with Crippen LogP contribution in [-0.2, 0) is 9.59 Å². The summed E-state index contributed by atoms with van der Waals surface area (Å²) in [5.74, 6) is -3.74. The minimum Gasteiger partial charge on any atom is -0.457 e. The zero-order chi connectivity index (χ0) is 30.0.